The summed E-state index contributed by atoms with van der Waals surface area (Å²) in [6.45, 7) is 10.9. The van der Waals surface area contributed by atoms with Crippen LogP contribution in [-0.2, 0) is 0 Å². The van der Waals surface area contributed by atoms with Gasteiger partial charge in [-0.1, -0.05) is 0 Å². The van der Waals surface area contributed by atoms with Crippen LogP contribution in [0.25, 0.3) is 0 Å². The Balaban J connectivity index is 2.67. The number of hydrogen-bond acceptors (Lipinski definition) is 3. The van der Waals surface area contributed by atoms with E-state index < -0.39 is 5.60 Å². The van der Waals surface area contributed by atoms with E-state index in [0.29, 0.717) is 18.6 Å². The van der Waals surface area contributed by atoms with E-state index in [1.54, 1.807) is 0 Å². The van der Waals surface area contributed by atoms with Gasteiger partial charge in [-0.3, -0.25) is 4.90 Å². The molecule has 1 aliphatic heterocycles. The van der Waals surface area contributed by atoms with Crippen molar-refractivity contribution in [3.05, 3.63) is 0 Å². The molecule has 0 saturated carbocycles. The second-order valence-corrected chi connectivity index (χ2v) is 4.74. The normalized spacial score (nSPS) is 37.8. The first-order valence-corrected chi connectivity index (χ1v) is 5.11. The summed E-state index contributed by atoms with van der Waals surface area (Å²) in [7, 11) is 0. The fourth-order valence-electron chi connectivity index (χ4n) is 1.96. The van der Waals surface area contributed by atoms with E-state index in [1.807, 2.05) is 6.92 Å². The monoisotopic (exact) mass is 186 g/mol. The summed E-state index contributed by atoms with van der Waals surface area (Å²) in [5, 5.41) is 13.3. The Morgan fingerprint density at radius 1 is 1.54 bits per heavy atom. The van der Waals surface area contributed by atoms with E-state index in [4.69, 9.17) is 0 Å². The van der Waals surface area contributed by atoms with E-state index in [9.17, 15) is 5.11 Å². The van der Waals surface area contributed by atoms with Crippen molar-refractivity contribution in [2.24, 2.45) is 0 Å². The summed E-state index contributed by atoms with van der Waals surface area (Å²) < 4.78 is 0. The van der Waals surface area contributed by atoms with Crippen LogP contribution in [0.5, 0.6) is 0 Å². The lowest BCUT2D eigenvalue weighted by Crippen LogP contribution is -2.47. The highest BCUT2D eigenvalue weighted by atomic mass is 16.3. The highest BCUT2D eigenvalue weighted by Gasteiger charge is 2.30. The minimum Gasteiger partial charge on any atom is -0.388 e. The van der Waals surface area contributed by atoms with Gasteiger partial charge in [-0.15, -0.1) is 0 Å². The van der Waals surface area contributed by atoms with Gasteiger partial charge < -0.3 is 10.4 Å². The topological polar surface area (TPSA) is 35.5 Å². The number of β-amino-alcohol motifs (C(OH)–C–C–N with tert-alkyl or cyclic N) is 1. The average Bonchev–Trinajstić information content (AvgIpc) is 2.10. The lowest BCUT2D eigenvalue weighted by atomic mass is 10.1. The van der Waals surface area contributed by atoms with E-state index in [0.717, 1.165) is 13.1 Å². The van der Waals surface area contributed by atoms with E-state index in [1.165, 1.54) is 0 Å². The Morgan fingerprint density at radius 3 is 2.69 bits per heavy atom. The van der Waals surface area contributed by atoms with Gasteiger partial charge in [-0.05, 0) is 27.7 Å². The van der Waals surface area contributed by atoms with Gasteiger partial charge in [0.15, 0.2) is 0 Å². The summed E-state index contributed by atoms with van der Waals surface area (Å²) in [6.07, 6.45) is 0. The Bertz CT molecular complexity index is 168. The predicted octanol–water partition coefficient (Wildman–Crippen LogP) is 0.439. The van der Waals surface area contributed by atoms with Gasteiger partial charge in [0.25, 0.3) is 0 Å². The van der Waals surface area contributed by atoms with Gasteiger partial charge in [-0.25, -0.2) is 0 Å². The standard InChI is InChI=1S/C10H22N2O/c1-8(2)12-7-10(4,13)6-11-5-9(12)3/h8-9,11,13H,5-7H2,1-4H3. The van der Waals surface area contributed by atoms with Crippen LogP contribution >= 0.6 is 0 Å². The third-order valence-electron chi connectivity index (χ3n) is 2.70. The largest absolute Gasteiger partial charge is 0.388 e. The van der Waals surface area contributed by atoms with Gasteiger partial charge in [0, 0.05) is 31.7 Å². The van der Waals surface area contributed by atoms with Gasteiger partial charge in [0.2, 0.25) is 0 Å². The smallest absolute Gasteiger partial charge is 0.0869 e. The number of hydrogen-bond donors (Lipinski definition) is 2. The average molecular weight is 186 g/mol. The number of rotatable bonds is 1. The maximum atomic E-state index is 9.99. The molecule has 3 heteroatoms. The number of nitrogens with one attached hydrogen (secondary N) is 1. The minimum atomic E-state index is -0.588. The zero-order chi connectivity index (χ0) is 10.1. The molecule has 3 nitrogen and oxygen atoms in total. The first-order chi connectivity index (χ1) is 5.92. The quantitative estimate of drug-likeness (QED) is 0.624. The number of aliphatic hydroxyl groups is 1. The van der Waals surface area contributed by atoms with Crippen molar-refractivity contribution in [2.45, 2.75) is 45.4 Å². The highest BCUT2D eigenvalue weighted by molar-refractivity contribution is 4.88. The first-order valence-electron chi connectivity index (χ1n) is 5.11. The van der Waals surface area contributed by atoms with Crippen LogP contribution < -0.4 is 5.32 Å². The van der Waals surface area contributed by atoms with Crippen molar-refractivity contribution < 1.29 is 5.11 Å². The van der Waals surface area contributed by atoms with Gasteiger partial charge in [-0.2, -0.15) is 0 Å². The molecule has 0 radical (unpaired) electrons. The second kappa shape index (κ2) is 3.95. The van der Waals surface area contributed by atoms with Crippen LogP contribution in [0.15, 0.2) is 0 Å². The zero-order valence-corrected chi connectivity index (χ0v) is 9.17. The van der Waals surface area contributed by atoms with Crippen molar-refractivity contribution in [3.8, 4) is 0 Å². The highest BCUT2D eigenvalue weighted by Crippen LogP contribution is 2.14. The molecule has 0 aromatic rings. The fourth-order valence-corrected chi connectivity index (χ4v) is 1.96. The maximum Gasteiger partial charge on any atom is 0.0869 e. The molecular weight excluding hydrogens is 164 g/mol. The minimum absolute atomic E-state index is 0.501. The summed E-state index contributed by atoms with van der Waals surface area (Å²) in [5.41, 5.74) is -0.588. The SMILES string of the molecule is CC(C)N1CC(C)(O)CNCC1C. The first kappa shape index (κ1) is 11.0. The maximum absolute atomic E-state index is 9.99. The molecule has 13 heavy (non-hydrogen) atoms. The molecule has 0 amide bonds. The van der Waals surface area contributed by atoms with Crippen LogP contribution in [0.4, 0.5) is 0 Å². The Labute approximate surface area is 81.1 Å². The molecule has 0 aliphatic carbocycles. The third kappa shape index (κ3) is 2.93. The van der Waals surface area contributed by atoms with Gasteiger partial charge in [0.1, 0.15) is 0 Å². The second-order valence-electron chi connectivity index (χ2n) is 4.74. The Morgan fingerprint density at radius 2 is 2.15 bits per heavy atom. The molecule has 1 saturated heterocycles. The van der Waals surface area contributed by atoms with Crippen LogP contribution in [-0.4, -0.2) is 47.3 Å². The van der Waals surface area contributed by atoms with Crippen molar-refractivity contribution in [3.63, 3.8) is 0 Å². The van der Waals surface area contributed by atoms with E-state index in [2.05, 4.69) is 31.0 Å². The van der Waals surface area contributed by atoms with Crippen molar-refractivity contribution in [1.82, 2.24) is 10.2 Å². The van der Waals surface area contributed by atoms with Crippen LogP contribution in [0.1, 0.15) is 27.7 Å². The molecule has 0 bridgehead atoms. The molecule has 2 unspecified atom stereocenters. The fraction of sp³-hybridized carbons (Fsp3) is 1.00. The molecule has 0 aromatic carbocycles. The zero-order valence-electron chi connectivity index (χ0n) is 9.17. The van der Waals surface area contributed by atoms with Gasteiger partial charge in [0.05, 0.1) is 5.60 Å². The Hall–Kier alpha value is -0.120. The molecule has 0 spiro atoms. The lowest BCUT2D eigenvalue weighted by Gasteiger charge is -2.34. The molecule has 1 fully saturated rings. The van der Waals surface area contributed by atoms with Crippen LogP contribution in [0, 0.1) is 0 Å². The van der Waals surface area contributed by atoms with Crippen LogP contribution in [0.2, 0.25) is 0 Å². The molecule has 0 aromatic heterocycles. The molecule has 2 N–H and O–H groups in total. The van der Waals surface area contributed by atoms with E-state index >= 15 is 0 Å². The van der Waals surface area contributed by atoms with Crippen molar-refractivity contribution in [2.75, 3.05) is 19.6 Å². The molecular formula is C10H22N2O. The van der Waals surface area contributed by atoms with Crippen LogP contribution in [0.3, 0.4) is 0 Å². The third-order valence-corrected chi connectivity index (χ3v) is 2.70. The summed E-state index contributed by atoms with van der Waals surface area (Å²) >= 11 is 0. The molecule has 1 rings (SSSR count). The molecule has 1 heterocycles. The summed E-state index contributed by atoms with van der Waals surface area (Å²) in [4.78, 5) is 2.35. The molecule has 2 atom stereocenters. The lowest BCUT2D eigenvalue weighted by molar-refractivity contribution is 0.0160. The molecule has 1 aliphatic rings. The molecule has 78 valence electrons. The summed E-state index contributed by atoms with van der Waals surface area (Å²) in [6, 6.07) is 1.01. The van der Waals surface area contributed by atoms with Crippen molar-refractivity contribution >= 4 is 0 Å². The van der Waals surface area contributed by atoms with Crippen molar-refractivity contribution in [1.29, 1.82) is 0 Å². The van der Waals surface area contributed by atoms with E-state index in [-0.39, 0.29) is 0 Å². The number of nitrogens with zero attached hydrogens (tertiary/aromatic N) is 1. The summed E-state index contributed by atoms with van der Waals surface area (Å²) in [5.74, 6) is 0. The predicted molar refractivity (Wildman–Crippen MR) is 54.8 cm³/mol. The Kier molecular flexibility index (Phi) is 3.33. The van der Waals surface area contributed by atoms with Gasteiger partial charge >= 0.3 is 0 Å².